The van der Waals surface area contributed by atoms with Gasteiger partial charge in [-0.05, 0) is 24.8 Å². The number of hydrogen-bond donors (Lipinski definition) is 2. The minimum Gasteiger partial charge on any atom is -0.381 e. The monoisotopic (exact) mass is 275 g/mol. The summed E-state index contributed by atoms with van der Waals surface area (Å²) in [6, 6.07) is 1.80. The van der Waals surface area contributed by atoms with Crippen LogP contribution in [0.25, 0.3) is 5.95 Å². The van der Waals surface area contributed by atoms with Crippen molar-refractivity contribution in [1.82, 2.24) is 24.7 Å². The minimum atomic E-state index is 0.178. The van der Waals surface area contributed by atoms with E-state index in [1.54, 1.807) is 23.1 Å². The van der Waals surface area contributed by atoms with E-state index in [2.05, 4.69) is 25.4 Å². The highest BCUT2D eigenvalue weighted by Crippen LogP contribution is 2.16. The van der Waals surface area contributed by atoms with E-state index in [4.69, 9.17) is 10.5 Å². The molecule has 106 valence electrons. The molecule has 3 rings (SSSR count). The highest BCUT2D eigenvalue weighted by Gasteiger charge is 2.15. The van der Waals surface area contributed by atoms with Crippen LogP contribution in [0.4, 0.5) is 11.9 Å². The maximum atomic E-state index is 5.70. The maximum Gasteiger partial charge on any atom is 0.257 e. The van der Waals surface area contributed by atoms with Crippen molar-refractivity contribution >= 4 is 11.9 Å². The van der Waals surface area contributed by atoms with Gasteiger partial charge in [-0.25, -0.2) is 4.68 Å². The molecule has 1 aliphatic rings. The van der Waals surface area contributed by atoms with Crippen LogP contribution < -0.4 is 11.1 Å². The normalized spacial score (nSPS) is 18.3. The van der Waals surface area contributed by atoms with Crippen LogP contribution in [0.2, 0.25) is 0 Å². The number of hydrogen-bond acceptors (Lipinski definition) is 7. The fourth-order valence-corrected chi connectivity index (χ4v) is 2.15. The second-order valence-electron chi connectivity index (χ2n) is 4.71. The van der Waals surface area contributed by atoms with Gasteiger partial charge < -0.3 is 15.8 Å². The summed E-state index contributed by atoms with van der Waals surface area (Å²) in [5, 5.41) is 7.25. The van der Waals surface area contributed by atoms with Crippen LogP contribution in [0.5, 0.6) is 0 Å². The van der Waals surface area contributed by atoms with Gasteiger partial charge in [-0.3, -0.25) is 0 Å². The van der Waals surface area contributed by atoms with Crippen LogP contribution in [0.1, 0.15) is 12.8 Å². The van der Waals surface area contributed by atoms with Crippen LogP contribution in [0.3, 0.4) is 0 Å². The lowest BCUT2D eigenvalue weighted by Crippen LogP contribution is -2.14. The second-order valence-corrected chi connectivity index (χ2v) is 4.71. The lowest BCUT2D eigenvalue weighted by atomic mass is 10.1. The van der Waals surface area contributed by atoms with Crippen LogP contribution in [-0.4, -0.2) is 44.5 Å². The van der Waals surface area contributed by atoms with Gasteiger partial charge in [-0.2, -0.15) is 20.1 Å². The average Bonchev–Trinajstić information content (AvgIpc) is 3.11. The van der Waals surface area contributed by atoms with Crippen LogP contribution in [0.15, 0.2) is 18.5 Å². The van der Waals surface area contributed by atoms with E-state index in [9.17, 15) is 0 Å². The second kappa shape index (κ2) is 5.83. The molecule has 3 N–H and O–H groups in total. The third kappa shape index (κ3) is 3.02. The first-order valence-electron chi connectivity index (χ1n) is 6.64. The van der Waals surface area contributed by atoms with E-state index in [0.717, 1.165) is 32.6 Å². The topological polar surface area (TPSA) is 104 Å². The van der Waals surface area contributed by atoms with E-state index >= 15 is 0 Å². The molecule has 0 aromatic carbocycles. The molecule has 1 saturated heterocycles. The summed E-state index contributed by atoms with van der Waals surface area (Å²) >= 11 is 0. The number of rotatable bonds is 5. The SMILES string of the molecule is Nc1nc(NCCC2CCOC2)nc(-n2cccn2)n1. The highest BCUT2D eigenvalue weighted by molar-refractivity contribution is 5.34. The number of anilines is 2. The summed E-state index contributed by atoms with van der Waals surface area (Å²) in [7, 11) is 0. The minimum absolute atomic E-state index is 0.178. The van der Waals surface area contributed by atoms with Gasteiger partial charge in [-0.1, -0.05) is 0 Å². The summed E-state index contributed by atoms with van der Waals surface area (Å²) in [5.74, 6) is 1.68. The molecule has 3 heterocycles. The molecule has 0 spiro atoms. The largest absolute Gasteiger partial charge is 0.381 e. The summed E-state index contributed by atoms with van der Waals surface area (Å²) in [5.41, 5.74) is 5.70. The Bertz CT molecular complexity index is 551. The number of nitrogens with two attached hydrogens (primary N) is 1. The Morgan fingerprint density at radius 2 is 2.35 bits per heavy atom. The Morgan fingerprint density at radius 3 is 3.10 bits per heavy atom. The van der Waals surface area contributed by atoms with E-state index in [1.807, 2.05) is 0 Å². The third-order valence-electron chi connectivity index (χ3n) is 3.21. The van der Waals surface area contributed by atoms with Crippen molar-refractivity contribution in [2.24, 2.45) is 5.92 Å². The Morgan fingerprint density at radius 1 is 1.40 bits per heavy atom. The number of ether oxygens (including phenoxy) is 1. The molecule has 20 heavy (non-hydrogen) atoms. The zero-order chi connectivity index (χ0) is 13.8. The van der Waals surface area contributed by atoms with Crippen molar-refractivity contribution in [3.05, 3.63) is 18.5 Å². The number of nitrogen functional groups attached to an aromatic ring is 1. The van der Waals surface area contributed by atoms with E-state index in [0.29, 0.717) is 17.8 Å². The van der Waals surface area contributed by atoms with Crippen LogP contribution >= 0.6 is 0 Å². The van der Waals surface area contributed by atoms with Gasteiger partial charge in [0, 0.05) is 32.2 Å². The maximum absolute atomic E-state index is 5.70. The van der Waals surface area contributed by atoms with Crippen LogP contribution in [0, 0.1) is 5.92 Å². The molecule has 2 aromatic rings. The molecule has 0 amide bonds. The van der Waals surface area contributed by atoms with Crippen molar-refractivity contribution in [3.63, 3.8) is 0 Å². The molecule has 8 nitrogen and oxygen atoms in total. The first-order valence-corrected chi connectivity index (χ1v) is 6.64. The molecule has 0 radical (unpaired) electrons. The Balaban J connectivity index is 1.63. The Labute approximate surface area is 116 Å². The number of nitrogens with zero attached hydrogens (tertiary/aromatic N) is 5. The van der Waals surface area contributed by atoms with Gasteiger partial charge in [0.1, 0.15) is 0 Å². The molecule has 0 bridgehead atoms. The standard InChI is InChI=1S/C12H17N7O/c13-10-16-11(14-5-2-9-3-7-20-8-9)18-12(17-10)19-6-1-4-15-19/h1,4,6,9H,2-3,5,7-8H2,(H3,13,14,16,17,18). The first-order chi connectivity index (χ1) is 9.81. The molecule has 2 aromatic heterocycles. The molecule has 0 saturated carbocycles. The van der Waals surface area contributed by atoms with Gasteiger partial charge >= 0.3 is 0 Å². The Kier molecular flexibility index (Phi) is 3.73. The Hall–Kier alpha value is -2.22. The molecule has 8 heteroatoms. The predicted molar refractivity (Wildman–Crippen MR) is 73.4 cm³/mol. The van der Waals surface area contributed by atoms with Gasteiger partial charge in [0.05, 0.1) is 0 Å². The number of nitrogens with one attached hydrogen (secondary N) is 1. The van der Waals surface area contributed by atoms with Crippen LogP contribution in [-0.2, 0) is 4.74 Å². The van der Waals surface area contributed by atoms with E-state index in [1.165, 1.54) is 0 Å². The van der Waals surface area contributed by atoms with Crippen molar-refractivity contribution in [3.8, 4) is 5.95 Å². The van der Waals surface area contributed by atoms with Crippen molar-refractivity contribution in [1.29, 1.82) is 0 Å². The summed E-state index contributed by atoms with van der Waals surface area (Å²) in [4.78, 5) is 12.4. The van der Waals surface area contributed by atoms with Crippen molar-refractivity contribution in [2.75, 3.05) is 30.8 Å². The van der Waals surface area contributed by atoms with Gasteiger partial charge in [-0.15, -0.1) is 0 Å². The number of aromatic nitrogens is 5. The molecule has 1 atom stereocenters. The summed E-state index contributed by atoms with van der Waals surface area (Å²) < 4.78 is 6.90. The van der Waals surface area contributed by atoms with Gasteiger partial charge in [0.25, 0.3) is 5.95 Å². The predicted octanol–water partition coefficient (Wildman–Crippen LogP) is 0.478. The lowest BCUT2D eigenvalue weighted by Gasteiger charge is -2.09. The highest BCUT2D eigenvalue weighted by atomic mass is 16.5. The molecular formula is C12H17N7O. The molecule has 1 aliphatic heterocycles. The summed E-state index contributed by atoms with van der Waals surface area (Å²) in [6.45, 7) is 2.50. The zero-order valence-electron chi connectivity index (χ0n) is 11.1. The quantitative estimate of drug-likeness (QED) is 0.817. The van der Waals surface area contributed by atoms with Crippen molar-refractivity contribution in [2.45, 2.75) is 12.8 Å². The lowest BCUT2D eigenvalue weighted by molar-refractivity contribution is 0.185. The van der Waals surface area contributed by atoms with Crippen molar-refractivity contribution < 1.29 is 4.74 Å². The molecule has 1 fully saturated rings. The van der Waals surface area contributed by atoms with Gasteiger partial charge in [0.2, 0.25) is 11.9 Å². The average molecular weight is 275 g/mol. The fraction of sp³-hybridized carbons (Fsp3) is 0.500. The van der Waals surface area contributed by atoms with E-state index in [-0.39, 0.29) is 5.95 Å². The van der Waals surface area contributed by atoms with E-state index < -0.39 is 0 Å². The summed E-state index contributed by atoms with van der Waals surface area (Å²) in [6.07, 6.45) is 5.57. The van der Waals surface area contributed by atoms with Gasteiger partial charge in [0.15, 0.2) is 0 Å². The zero-order valence-corrected chi connectivity index (χ0v) is 11.1. The molecule has 1 unspecified atom stereocenters. The third-order valence-corrected chi connectivity index (χ3v) is 3.21. The fourth-order valence-electron chi connectivity index (χ4n) is 2.15. The smallest absolute Gasteiger partial charge is 0.257 e. The first kappa shape index (κ1) is 12.8. The molecule has 0 aliphatic carbocycles. The molecular weight excluding hydrogens is 258 g/mol.